The average molecular weight is 417 g/mol. The van der Waals surface area contributed by atoms with Gasteiger partial charge in [-0.3, -0.25) is 0 Å². The predicted molar refractivity (Wildman–Crippen MR) is 83.3 cm³/mol. The van der Waals surface area contributed by atoms with E-state index in [0.29, 0.717) is 11.3 Å². The maximum absolute atomic E-state index is 12.0. The van der Waals surface area contributed by atoms with Crippen molar-refractivity contribution in [3.05, 3.63) is 91.6 Å². The molecule has 0 heterocycles. The van der Waals surface area contributed by atoms with E-state index in [1.165, 1.54) is 31.4 Å². The summed E-state index contributed by atoms with van der Waals surface area (Å²) in [7, 11) is 0. The largest absolute Gasteiger partial charge is 0.508 e. The lowest BCUT2D eigenvalue weighted by atomic mass is 10.2. The van der Waals surface area contributed by atoms with Crippen molar-refractivity contribution in [2.45, 2.75) is 0 Å². The minimum atomic E-state index is -0.435. The molecule has 0 amide bonds. The van der Waals surface area contributed by atoms with Crippen LogP contribution in [0.25, 0.3) is 0 Å². The maximum Gasteiger partial charge on any atom is 0.357 e. The summed E-state index contributed by atoms with van der Waals surface area (Å²) in [5.74, 6) is 0.204. The number of benzene rings is 3. The molecule has 3 nitrogen and oxygen atoms in total. The minimum absolute atomic E-state index is 0.121. The van der Waals surface area contributed by atoms with E-state index in [1.54, 1.807) is 0 Å². The number of halogens is 1. The molecular formula is C19H14IO3+. The topological polar surface area (TPSA) is 46.5 Å². The molecule has 0 unspecified atom stereocenters. The van der Waals surface area contributed by atoms with Crippen LogP contribution in [0.5, 0.6) is 11.5 Å². The Kier molecular flexibility index (Phi) is 4.92. The average Bonchev–Trinajstić information content (AvgIpc) is 2.58. The molecule has 0 aliphatic heterocycles. The summed E-state index contributed by atoms with van der Waals surface area (Å²) >= 11 is -0.222. The number of rotatable bonds is 4. The Morgan fingerprint density at radius 1 is 0.783 bits per heavy atom. The Morgan fingerprint density at radius 3 is 2.04 bits per heavy atom. The second kappa shape index (κ2) is 7.28. The van der Waals surface area contributed by atoms with Crippen molar-refractivity contribution in [2.24, 2.45) is 0 Å². The summed E-state index contributed by atoms with van der Waals surface area (Å²) in [5, 5.41) is 9.23. The minimum Gasteiger partial charge on any atom is -0.508 e. The number of phenolic OH excluding ortho intramolecular Hbond substituents is 1. The fourth-order valence-electron chi connectivity index (χ4n) is 1.93. The third-order valence-corrected chi connectivity index (χ3v) is 5.76. The first-order chi connectivity index (χ1) is 11.2. The lowest BCUT2D eigenvalue weighted by Crippen LogP contribution is -3.61. The van der Waals surface area contributed by atoms with Gasteiger partial charge in [-0.05, 0) is 60.7 Å². The van der Waals surface area contributed by atoms with Gasteiger partial charge in [0.05, 0.1) is 5.56 Å². The van der Waals surface area contributed by atoms with Crippen LogP contribution in [0.15, 0.2) is 78.9 Å². The van der Waals surface area contributed by atoms with E-state index in [-0.39, 0.29) is 27.0 Å². The van der Waals surface area contributed by atoms with Gasteiger partial charge in [-0.2, -0.15) is 0 Å². The Hall–Kier alpha value is -2.34. The quantitative estimate of drug-likeness (QED) is 0.387. The van der Waals surface area contributed by atoms with Crippen LogP contribution in [0, 0.1) is 7.14 Å². The lowest BCUT2D eigenvalue weighted by Gasteiger charge is -2.03. The van der Waals surface area contributed by atoms with Crippen LogP contribution in [0.3, 0.4) is 0 Å². The Balaban J connectivity index is 1.65. The molecule has 23 heavy (non-hydrogen) atoms. The summed E-state index contributed by atoms with van der Waals surface area (Å²) in [6.45, 7) is 0. The van der Waals surface area contributed by atoms with Crippen LogP contribution >= 0.6 is 0 Å². The van der Waals surface area contributed by atoms with Crippen molar-refractivity contribution in [1.29, 1.82) is 0 Å². The standard InChI is InChI=1S/C19H13IO3/c21-17-10-6-14(7-11-17)19(22)23-18-12-8-16(9-13-18)20-15-4-2-1-3-5-15/h1-13H/p+1. The second-order valence-electron chi connectivity index (χ2n) is 4.78. The summed E-state index contributed by atoms with van der Waals surface area (Å²) < 4.78 is 7.95. The highest BCUT2D eigenvalue weighted by molar-refractivity contribution is 5.91. The number of aromatic hydroxyl groups is 1. The summed E-state index contributed by atoms with van der Waals surface area (Å²) in [6.07, 6.45) is 0. The number of ether oxygens (including phenoxy) is 1. The summed E-state index contributed by atoms with van der Waals surface area (Å²) in [5.41, 5.74) is 0.406. The highest BCUT2D eigenvalue weighted by Gasteiger charge is 2.15. The van der Waals surface area contributed by atoms with Gasteiger partial charge >= 0.3 is 27.2 Å². The van der Waals surface area contributed by atoms with Crippen LogP contribution < -0.4 is 25.9 Å². The highest BCUT2D eigenvalue weighted by atomic mass is 127. The van der Waals surface area contributed by atoms with Crippen LogP contribution in [0.2, 0.25) is 0 Å². The number of phenols is 1. The molecule has 0 saturated carbocycles. The van der Waals surface area contributed by atoms with Gasteiger partial charge < -0.3 is 9.84 Å². The van der Waals surface area contributed by atoms with Crippen LogP contribution in [-0.4, -0.2) is 11.1 Å². The van der Waals surface area contributed by atoms with E-state index in [2.05, 4.69) is 12.1 Å². The van der Waals surface area contributed by atoms with Crippen LogP contribution in [0.4, 0.5) is 0 Å². The lowest BCUT2D eigenvalue weighted by molar-refractivity contribution is -0.597. The van der Waals surface area contributed by atoms with Crippen molar-refractivity contribution in [2.75, 3.05) is 0 Å². The fourth-order valence-corrected chi connectivity index (χ4v) is 4.15. The zero-order valence-electron chi connectivity index (χ0n) is 12.1. The van der Waals surface area contributed by atoms with Gasteiger partial charge in [-0.1, -0.05) is 18.2 Å². The van der Waals surface area contributed by atoms with Crippen molar-refractivity contribution in [3.63, 3.8) is 0 Å². The van der Waals surface area contributed by atoms with Gasteiger partial charge in [0.2, 0.25) is 0 Å². The van der Waals surface area contributed by atoms with E-state index in [0.717, 1.165) is 0 Å². The fraction of sp³-hybridized carbons (Fsp3) is 0. The number of carbonyl (C=O) groups excluding carboxylic acids is 1. The molecule has 0 bridgehead atoms. The highest BCUT2D eigenvalue weighted by Crippen LogP contribution is 2.14. The first-order valence-electron chi connectivity index (χ1n) is 7.02. The Labute approximate surface area is 144 Å². The molecule has 0 saturated heterocycles. The number of hydrogen-bond donors (Lipinski definition) is 1. The van der Waals surface area contributed by atoms with E-state index in [4.69, 9.17) is 4.74 Å². The van der Waals surface area contributed by atoms with E-state index in [9.17, 15) is 9.90 Å². The van der Waals surface area contributed by atoms with E-state index < -0.39 is 5.97 Å². The van der Waals surface area contributed by atoms with Gasteiger partial charge in [-0.25, -0.2) is 4.79 Å². The van der Waals surface area contributed by atoms with Crippen molar-refractivity contribution in [1.82, 2.24) is 0 Å². The smallest absolute Gasteiger partial charge is 0.357 e. The van der Waals surface area contributed by atoms with Crippen molar-refractivity contribution >= 4 is 5.97 Å². The van der Waals surface area contributed by atoms with Crippen LogP contribution in [-0.2, 0) is 0 Å². The molecule has 1 N–H and O–H groups in total. The molecule has 4 heteroatoms. The van der Waals surface area contributed by atoms with Gasteiger partial charge in [0.1, 0.15) is 11.5 Å². The zero-order valence-corrected chi connectivity index (χ0v) is 14.3. The van der Waals surface area contributed by atoms with E-state index in [1.807, 2.05) is 42.5 Å². The first-order valence-corrected chi connectivity index (χ1v) is 9.17. The van der Waals surface area contributed by atoms with Crippen molar-refractivity contribution < 1.29 is 35.8 Å². The molecule has 0 aliphatic rings. The Morgan fingerprint density at radius 2 is 1.39 bits per heavy atom. The first kappa shape index (κ1) is 15.6. The molecule has 3 aromatic carbocycles. The molecule has 3 rings (SSSR count). The number of hydrogen-bond acceptors (Lipinski definition) is 3. The third kappa shape index (κ3) is 4.32. The maximum atomic E-state index is 12.0. The molecular weight excluding hydrogens is 403 g/mol. The van der Waals surface area contributed by atoms with Gasteiger partial charge in [0, 0.05) is 0 Å². The number of carbonyl (C=O) groups is 1. The zero-order chi connectivity index (χ0) is 16.1. The molecule has 114 valence electrons. The molecule has 0 aliphatic carbocycles. The molecule has 0 fully saturated rings. The normalized spacial score (nSPS) is 10.3. The SMILES string of the molecule is O=C(Oc1ccc([I+]c2ccccc2)cc1)c1ccc(O)cc1. The molecule has 0 aromatic heterocycles. The molecule has 0 spiro atoms. The predicted octanol–water partition coefficient (Wildman–Crippen LogP) is 0.740. The molecule has 0 radical (unpaired) electrons. The second-order valence-corrected chi connectivity index (χ2v) is 7.81. The van der Waals surface area contributed by atoms with E-state index >= 15 is 0 Å². The monoisotopic (exact) mass is 417 g/mol. The van der Waals surface area contributed by atoms with Gasteiger partial charge in [0.25, 0.3) is 0 Å². The molecule has 0 atom stereocenters. The van der Waals surface area contributed by atoms with Gasteiger partial charge in [-0.15, -0.1) is 0 Å². The third-order valence-electron chi connectivity index (χ3n) is 3.08. The summed E-state index contributed by atoms with van der Waals surface area (Å²) in [4.78, 5) is 12.0. The van der Waals surface area contributed by atoms with Crippen molar-refractivity contribution in [3.8, 4) is 11.5 Å². The van der Waals surface area contributed by atoms with Gasteiger partial charge in [0.15, 0.2) is 7.14 Å². The number of esters is 1. The van der Waals surface area contributed by atoms with Crippen LogP contribution in [0.1, 0.15) is 10.4 Å². The Bertz CT molecular complexity index is 781. The summed E-state index contributed by atoms with van der Waals surface area (Å²) in [6, 6.07) is 24.0. The molecule has 3 aromatic rings.